The number of hydrogen-bond acceptors (Lipinski definition) is 4. The molecule has 2 aromatic carbocycles. The van der Waals surface area contributed by atoms with Gasteiger partial charge in [0.25, 0.3) is 5.91 Å². The van der Waals surface area contributed by atoms with E-state index in [1.165, 1.54) is 0 Å². The van der Waals surface area contributed by atoms with E-state index < -0.39 is 0 Å². The Morgan fingerprint density at radius 1 is 1.04 bits per heavy atom. The van der Waals surface area contributed by atoms with Gasteiger partial charge in [0.1, 0.15) is 0 Å². The van der Waals surface area contributed by atoms with Gasteiger partial charge in [0.15, 0.2) is 11.5 Å². The molecule has 1 fully saturated rings. The normalized spacial score (nSPS) is 15.5. The third-order valence-electron chi connectivity index (χ3n) is 4.35. The maximum absolute atomic E-state index is 12.5. The minimum Gasteiger partial charge on any atom is -0.454 e. The maximum Gasteiger partial charge on any atom is 0.254 e. The lowest BCUT2D eigenvalue weighted by atomic mass is 9.97. The van der Waals surface area contributed by atoms with Gasteiger partial charge in [0.05, 0.1) is 16.6 Å². The fraction of sp³-hybridized carbons (Fsp3) is 0.222. The number of rotatable bonds is 3. The van der Waals surface area contributed by atoms with Crippen molar-refractivity contribution in [2.75, 3.05) is 25.2 Å². The first kappa shape index (κ1) is 17.0. The van der Waals surface area contributed by atoms with Crippen molar-refractivity contribution in [1.29, 1.82) is 0 Å². The van der Waals surface area contributed by atoms with Gasteiger partial charge in [-0.15, -0.1) is 0 Å². The molecule has 0 unspecified atom stereocenters. The van der Waals surface area contributed by atoms with Crippen molar-refractivity contribution in [3.05, 3.63) is 52.0 Å². The largest absolute Gasteiger partial charge is 0.454 e. The summed E-state index contributed by atoms with van der Waals surface area (Å²) in [5.74, 6) is 0.589. The van der Waals surface area contributed by atoms with E-state index in [1.807, 2.05) is 0 Å². The van der Waals surface area contributed by atoms with E-state index in [0.29, 0.717) is 45.9 Å². The van der Waals surface area contributed by atoms with Crippen LogP contribution in [0.2, 0.25) is 10.0 Å². The van der Waals surface area contributed by atoms with Crippen LogP contribution in [0.4, 0.5) is 5.69 Å². The molecule has 6 nitrogen and oxygen atoms in total. The smallest absolute Gasteiger partial charge is 0.254 e. The molecule has 4 rings (SSSR count). The molecule has 0 saturated carbocycles. The first-order valence-corrected chi connectivity index (χ1v) is 8.72. The quantitative estimate of drug-likeness (QED) is 0.868. The van der Waals surface area contributed by atoms with E-state index in [0.717, 1.165) is 0 Å². The maximum atomic E-state index is 12.5. The summed E-state index contributed by atoms with van der Waals surface area (Å²) in [6, 6.07) is 9.93. The van der Waals surface area contributed by atoms with Crippen LogP contribution in [0, 0.1) is 5.92 Å². The van der Waals surface area contributed by atoms with Crippen LogP contribution in [0.25, 0.3) is 0 Å². The monoisotopic (exact) mass is 392 g/mol. The van der Waals surface area contributed by atoms with Crippen LogP contribution in [0.1, 0.15) is 10.4 Å². The summed E-state index contributed by atoms with van der Waals surface area (Å²) < 4.78 is 10.5. The molecular weight excluding hydrogens is 379 g/mol. The minimum absolute atomic E-state index is 0.142. The number of likely N-dealkylation sites (tertiary alicyclic amines) is 1. The van der Waals surface area contributed by atoms with Gasteiger partial charge in [-0.2, -0.15) is 0 Å². The fourth-order valence-corrected chi connectivity index (χ4v) is 3.30. The molecule has 0 bridgehead atoms. The van der Waals surface area contributed by atoms with Gasteiger partial charge in [0, 0.05) is 23.7 Å². The van der Waals surface area contributed by atoms with E-state index in [2.05, 4.69) is 5.32 Å². The van der Waals surface area contributed by atoms with Crippen LogP contribution < -0.4 is 14.8 Å². The van der Waals surface area contributed by atoms with Crippen molar-refractivity contribution in [1.82, 2.24) is 4.90 Å². The second-order valence-electron chi connectivity index (χ2n) is 6.09. The van der Waals surface area contributed by atoms with Crippen molar-refractivity contribution < 1.29 is 19.1 Å². The molecule has 2 aromatic rings. The Morgan fingerprint density at radius 2 is 1.81 bits per heavy atom. The van der Waals surface area contributed by atoms with Crippen molar-refractivity contribution in [2.45, 2.75) is 0 Å². The number of benzene rings is 2. The molecule has 2 aliphatic rings. The van der Waals surface area contributed by atoms with Crippen LogP contribution in [0.15, 0.2) is 36.4 Å². The van der Waals surface area contributed by atoms with Gasteiger partial charge < -0.3 is 19.7 Å². The molecule has 2 heterocycles. The molecule has 1 saturated heterocycles. The highest BCUT2D eigenvalue weighted by molar-refractivity contribution is 6.36. The second kappa shape index (κ2) is 6.70. The van der Waals surface area contributed by atoms with Crippen molar-refractivity contribution in [3.63, 3.8) is 0 Å². The van der Waals surface area contributed by atoms with Gasteiger partial charge in [-0.25, -0.2) is 0 Å². The number of halogens is 2. The van der Waals surface area contributed by atoms with E-state index in [4.69, 9.17) is 32.7 Å². The van der Waals surface area contributed by atoms with E-state index in [9.17, 15) is 9.59 Å². The molecule has 26 heavy (non-hydrogen) atoms. The summed E-state index contributed by atoms with van der Waals surface area (Å²) in [7, 11) is 0. The lowest BCUT2D eigenvalue weighted by Gasteiger charge is -2.38. The summed E-state index contributed by atoms with van der Waals surface area (Å²) in [5, 5.41) is 3.64. The Kier molecular flexibility index (Phi) is 4.38. The van der Waals surface area contributed by atoms with E-state index in [1.54, 1.807) is 41.3 Å². The number of nitrogens with zero attached hydrogens (tertiary/aromatic N) is 1. The number of fused-ring (bicyclic) bond motifs is 1. The number of hydrogen-bond donors (Lipinski definition) is 1. The first-order chi connectivity index (χ1) is 12.5. The molecule has 0 radical (unpaired) electrons. The average molecular weight is 393 g/mol. The first-order valence-electron chi connectivity index (χ1n) is 7.96. The van der Waals surface area contributed by atoms with E-state index >= 15 is 0 Å². The van der Waals surface area contributed by atoms with Crippen molar-refractivity contribution in [3.8, 4) is 11.5 Å². The molecule has 1 N–H and O–H groups in total. The predicted molar refractivity (Wildman–Crippen MR) is 97.1 cm³/mol. The summed E-state index contributed by atoms with van der Waals surface area (Å²) in [5.41, 5.74) is 1.01. The molecular formula is C18H14Cl2N2O4. The molecule has 0 atom stereocenters. The predicted octanol–water partition coefficient (Wildman–Crippen LogP) is 3.43. The number of carbonyl (C=O) groups excluding carboxylic acids is 2. The molecule has 2 aliphatic heterocycles. The minimum atomic E-state index is -0.278. The Bertz CT molecular complexity index is 897. The number of nitrogens with one attached hydrogen (secondary N) is 1. The van der Waals surface area contributed by atoms with Gasteiger partial charge >= 0.3 is 0 Å². The van der Waals surface area contributed by atoms with Gasteiger partial charge in [-0.1, -0.05) is 23.2 Å². The van der Waals surface area contributed by atoms with Gasteiger partial charge in [0.2, 0.25) is 12.7 Å². The molecule has 8 heteroatoms. The number of ether oxygens (including phenoxy) is 2. The lowest BCUT2D eigenvalue weighted by molar-refractivity contribution is -0.123. The molecule has 2 amide bonds. The number of carbonyl (C=O) groups is 2. The Balaban J connectivity index is 1.36. The standard InChI is InChI=1S/C18H14Cl2N2O4/c19-12-2-3-14(13(20)6-12)21-17(23)11-7-22(8-11)18(24)10-1-4-15-16(5-10)26-9-25-15/h1-6,11H,7-9H2,(H,21,23). The van der Waals surface area contributed by atoms with Crippen LogP contribution in [-0.2, 0) is 4.79 Å². The summed E-state index contributed by atoms with van der Waals surface area (Å²) in [6.45, 7) is 0.862. The highest BCUT2D eigenvalue weighted by Crippen LogP contribution is 2.33. The van der Waals surface area contributed by atoms with Crippen LogP contribution in [0.5, 0.6) is 11.5 Å². The SMILES string of the molecule is O=C(Nc1ccc(Cl)cc1Cl)C1CN(C(=O)c2ccc3c(c2)OCO3)C1. The topological polar surface area (TPSA) is 67.9 Å². The molecule has 0 spiro atoms. The zero-order chi connectivity index (χ0) is 18.3. The zero-order valence-electron chi connectivity index (χ0n) is 13.5. The van der Waals surface area contributed by atoms with Crippen LogP contribution in [-0.4, -0.2) is 36.6 Å². The summed E-state index contributed by atoms with van der Waals surface area (Å²) in [4.78, 5) is 26.4. The summed E-state index contributed by atoms with van der Waals surface area (Å²) in [6.07, 6.45) is 0. The highest BCUT2D eigenvalue weighted by atomic mass is 35.5. The van der Waals surface area contributed by atoms with E-state index in [-0.39, 0.29) is 24.5 Å². The van der Waals surface area contributed by atoms with Crippen molar-refractivity contribution >= 4 is 40.7 Å². The molecule has 0 aromatic heterocycles. The Labute approximate surface area is 159 Å². The van der Waals surface area contributed by atoms with Gasteiger partial charge in [-0.05, 0) is 36.4 Å². The fourth-order valence-electron chi connectivity index (χ4n) is 2.85. The van der Waals surface area contributed by atoms with Crippen LogP contribution in [0.3, 0.4) is 0 Å². The third-order valence-corrected chi connectivity index (χ3v) is 4.90. The molecule has 134 valence electrons. The Hall–Kier alpha value is -2.44. The Morgan fingerprint density at radius 3 is 2.58 bits per heavy atom. The number of amides is 2. The third kappa shape index (κ3) is 3.18. The van der Waals surface area contributed by atoms with Crippen LogP contribution >= 0.6 is 23.2 Å². The second-order valence-corrected chi connectivity index (χ2v) is 6.93. The zero-order valence-corrected chi connectivity index (χ0v) is 15.0. The molecule has 0 aliphatic carbocycles. The average Bonchev–Trinajstić information content (AvgIpc) is 3.03. The number of anilines is 1. The lowest BCUT2D eigenvalue weighted by Crippen LogP contribution is -2.54. The highest BCUT2D eigenvalue weighted by Gasteiger charge is 2.36. The van der Waals surface area contributed by atoms with Crippen molar-refractivity contribution in [2.24, 2.45) is 5.92 Å². The van der Waals surface area contributed by atoms with Gasteiger partial charge in [-0.3, -0.25) is 9.59 Å². The summed E-state index contributed by atoms with van der Waals surface area (Å²) >= 11 is 11.9.